The number of aromatic nitrogens is 4. The van der Waals surface area contributed by atoms with Crippen LogP contribution in [0.1, 0.15) is 43.9 Å². The number of tetrazole rings is 1. The molecule has 1 atom stereocenters. The van der Waals surface area contributed by atoms with Crippen molar-refractivity contribution in [2.24, 2.45) is 12.2 Å². The van der Waals surface area contributed by atoms with Crippen molar-refractivity contribution in [2.75, 3.05) is 0 Å². The van der Waals surface area contributed by atoms with Crippen molar-refractivity contribution in [2.45, 2.75) is 46.8 Å². The average molecular weight is 409 g/mol. The molecule has 8 heteroatoms. The molecule has 3 aromatic rings. The highest BCUT2D eigenvalue weighted by Crippen LogP contribution is 2.21. The topological polar surface area (TPSA) is 83.5 Å². The summed E-state index contributed by atoms with van der Waals surface area (Å²) < 4.78 is 8.53. The van der Waals surface area contributed by atoms with E-state index >= 15 is 0 Å². The highest BCUT2D eigenvalue weighted by molar-refractivity contribution is 5.98. The zero-order chi connectivity index (χ0) is 21.7. The third kappa shape index (κ3) is 4.76. The zero-order valence-corrected chi connectivity index (χ0v) is 18.0. The van der Waals surface area contributed by atoms with Crippen molar-refractivity contribution in [1.29, 1.82) is 0 Å². The van der Waals surface area contributed by atoms with Gasteiger partial charge in [-0.3, -0.25) is 0 Å². The normalized spacial score (nSPS) is 12.6. The Morgan fingerprint density at radius 3 is 2.67 bits per heavy atom. The standard InChI is InChI=1S/C22H27N5O3/c1-6-16(3)30-23-17(4)18-10-8-11-19(13-18)29-14-20-15(2)9-7-12-21(20)27-22(28)26(5)24-25-27/h7-13,16H,6,14H2,1-5H3/b23-17+. The lowest BCUT2D eigenvalue weighted by atomic mass is 10.1. The highest BCUT2D eigenvalue weighted by Gasteiger charge is 2.14. The fraction of sp³-hybridized carbons (Fsp3) is 0.364. The molecular weight excluding hydrogens is 382 g/mol. The average Bonchev–Trinajstić information content (AvgIpc) is 3.09. The van der Waals surface area contributed by atoms with Gasteiger partial charge < -0.3 is 9.57 Å². The Kier molecular flexibility index (Phi) is 6.66. The molecule has 0 N–H and O–H groups in total. The third-order valence-electron chi connectivity index (χ3n) is 4.91. The molecule has 1 unspecified atom stereocenters. The van der Waals surface area contributed by atoms with E-state index < -0.39 is 0 Å². The predicted molar refractivity (Wildman–Crippen MR) is 115 cm³/mol. The van der Waals surface area contributed by atoms with E-state index in [4.69, 9.17) is 9.57 Å². The highest BCUT2D eigenvalue weighted by atomic mass is 16.6. The van der Waals surface area contributed by atoms with Crippen LogP contribution in [0.5, 0.6) is 5.75 Å². The van der Waals surface area contributed by atoms with Crippen LogP contribution >= 0.6 is 0 Å². The molecule has 1 heterocycles. The lowest BCUT2D eigenvalue weighted by Gasteiger charge is -2.13. The van der Waals surface area contributed by atoms with Gasteiger partial charge in [0.15, 0.2) is 0 Å². The number of aryl methyl sites for hydroxylation is 2. The molecule has 0 spiro atoms. The Labute approximate surface area is 175 Å². The quantitative estimate of drug-likeness (QED) is 0.421. The van der Waals surface area contributed by atoms with Crippen LogP contribution in [0.3, 0.4) is 0 Å². The van der Waals surface area contributed by atoms with E-state index in [9.17, 15) is 4.79 Å². The second-order valence-electron chi connectivity index (χ2n) is 7.19. The van der Waals surface area contributed by atoms with Gasteiger partial charge in [-0.25, -0.2) is 4.79 Å². The lowest BCUT2D eigenvalue weighted by Crippen LogP contribution is -2.23. The first-order valence-corrected chi connectivity index (χ1v) is 9.92. The lowest BCUT2D eigenvalue weighted by molar-refractivity contribution is 0.0699. The second kappa shape index (κ2) is 9.39. The zero-order valence-electron chi connectivity index (χ0n) is 18.0. The van der Waals surface area contributed by atoms with Gasteiger partial charge in [-0.2, -0.15) is 9.36 Å². The van der Waals surface area contributed by atoms with Gasteiger partial charge in [-0.1, -0.05) is 36.3 Å². The van der Waals surface area contributed by atoms with Crippen LogP contribution in [0.25, 0.3) is 5.69 Å². The first-order valence-electron chi connectivity index (χ1n) is 9.92. The SMILES string of the molecule is CCC(C)O/N=C(\C)c1cccc(OCc2c(C)cccc2-n2nnn(C)c2=O)c1. The molecule has 0 saturated carbocycles. The minimum atomic E-state index is -0.308. The number of oxime groups is 1. The van der Waals surface area contributed by atoms with Gasteiger partial charge in [0.25, 0.3) is 0 Å². The Balaban J connectivity index is 1.82. The molecule has 158 valence electrons. The Hall–Kier alpha value is -3.42. The van der Waals surface area contributed by atoms with Crippen LogP contribution in [-0.2, 0) is 18.5 Å². The fourth-order valence-corrected chi connectivity index (χ4v) is 2.80. The summed E-state index contributed by atoms with van der Waals surface area (Å²) in [4.78, 5) is 17.8. The molecule has 0 amide bonds. The van der Waals surface area contributed by atoms with E-state index in [0.717, 1.165) is 28.8 Å². The summed E-state index contributed by atoms with van der Waals surface area (Å²) in [6.07, 6.45) is 0.969. The van der Waals surface area contributed by atoms with Gasteiger partial charge in [0.2, 0.25) is 0 Å². The largest absolute Gasteiger partial charge is 0.489 e. The minimum Gasteiger partial charge on any atom is -0.489 e. The Morgan fingerprint density at radius 2 is 1.97 bits per heavy atom. The minimum absolute atomic E-state index is 0.0725. The van der Waals surface area contributed by atoms with Crippen LogP contribution in [0, 0.1) is 6.92 Å². The molecule has 8 nitrogen and oxygen atoms in total. The van der Waals surface area contributed by atoms with Gasteiger partial charge >= 0.3 is 5.69 Å². The number of ether oxygens (including phenoxy) is 1. The molecule has 30 heavy (non-hydrogen) atoms. The van der Waals surface area contributed by atoms with E-state index in [1.54, 1.807) is 7.05 Å². The van der Waals surface area contributed by atoms with Crippen molar-refractivity contribution in [3.05, 3.63) is 69.6 Å². The van der Waals surface area contributed by atoms with Crippen LogP contribution in [0.2, 0.25) is 0 Å². The van der Waals surface area contributed by atoms with Gasteiger partial charge in [0.05, 0.1) is 11.4 Å². The maximum absolute atomic E-state index is 12.3. The van der Waals surface area contributed by atoms with Crippen LogP contribution < -0.4 is 10.4 Å². The maximum Gasteiger partial charge on any atom is 0.368 e. The number of benzene rings is 2. The smallest absolute Gasteiger partial charge is 0.368 e. The van der Waals surface area contributed by atoms with Gasteiger partial charge in [-0.05, 0) is 61.4 Å². The van der Waals surface area contributed by atoms with Gasteiger partial charge in [0.1, 0.15) is 18.5 Å². The summed E-state index contributed by atoms with van der Waals surface area (Å²) in [6.45, 7) is 8.20. The summed E-state index contributed by atoms with van der Waals surface area (Å²) in [5.41, 5.74) is 3.92. The van der Waals surface area contributed by atoms with E-state index in [2.05, 4.69) is 22.5 Å². The molecular formula is C22H27N5O3. The van der Waals surface area contributed by atoms with Gasteiger partial charge in [0, 0.05) is 18.2 Å². The first kappa shape index (κ1) is 21.3. The van der Waals surface area contributed by atoms with Crippen molar-refractivity contribution in [1.82, 2.24) is 19.8 Å². The maximum atomic E-state index is 12.3. The number of rotatable bonds is 8. The number of hydrogen-bond acceptors (Lipinski definition) is 6. The summed E-state index contributed by atoms with van der Waals surface area (Å²) in [6, 6.07) is 13.4. The first-order chi connectivity index (χ1) is 14.4. The van der Waals surface area contributed by atoms with E-state index in [-0.39, 0.29) is 18.4 Å². The van der Waals surface area contributed by atoms with E-state index in [1.807, 2.05) is 63.2 Å². The van der Waals surface area contributed by atoms with E-state index in [0.29, 0.717) is 11.4 Å². The van der Waals surface area contributed by atoms with Crippen LogP contribution in [0.15, 0.2) is 52.4 Å². The molecule has 0 bridgehead atoms. The summed E-state index contributed by atoms with van der Waals surface area (Å²) >= 11 is 0. The third-order valence-corrected chi connectivity index (χ3v) is 4.91. The van der Waals surface area contributed by atoms with Crippen molar-refractivity contribution < 1.29 is 9.57 Å². The van der Waals surface area contributed by atoms with Gasteiger partial charge in [-0.15, -0.1) is 0 Å². The summed E-state index contributed by atoms with van der Waals surface area (Å²) in [5, 5.41) is 12.0. The predicted octanol–water partition coefficient (Wildman–Crippen LogP) is 3.39. The van der Waals surface area contributed by atoms with Crippen molar-refractivity contribution in [3.8, 4) is 11.4 Å². The molecule has 0 fully saturated rings. The Morgan fingerprint density at radius 1 is 1.20 bits per heavy atom. The van der Waals surface area contributed by atoms with E-state index in [1.165, 1.54) is 9.36 Å². The number of nitrogens with zero attached hydrogens (tertiary/aromatic N) is 5. The summed E-state index contributed by atoms with van der Waals surface area (Å²) in [7, 11) is 1.57. The summed E-state index contributed by atoms with van der Waals surface area (Å²) in [5.74, 6) is 0.700. The molecule has 0 aliphatic carbocycles. The fourth-order valence-electron chi connectivity index (χ4n) is 2.80. The monoisotopic (exact) mass is 409 g/mol. The van der Waals surface area contributed by atoms with Crippen LogP contribution in [0.4, 0.5) is 0 Å². The van der Waals surface area contributed by atoms with Crippen molar-refractivity contribution in [3.63, 3.8) is 0 Å². The molecule has 2 aromatic carbocycles. The molecule has 0 radical (unpaired) electrons. The van der Waals surface area contributed by atoms with Crippen molar-refractivity contribution >= 4 is 5.71 Å². The molecule has 1 aromatic heterocycles. The van der Waals surface area contributed by atoms with Crippen LogP contribution in [-0.4, -0.2) is 31.6 Å². The molecule has 0 aliphatic heterocycles. The molecule has 0 aliphatic rings. The Bertz CT molecular complexity index is 1100. The number of hydrogen-bond donors (Lipinski definition) is 0. The molecule has 3 rings (SSSR count). The second-order valence-corrected chi connectivity index (χ2v) is 7.19. The molecule has 0 saturated heterocycles.